The highest BCUT2D eigenvalue weighted by molar-refractivity contribution is 5.78. The van der Waals surface area contributed by atoms with Gasteiger partial charge < -0.3 is 10.1 Å². The van der Waals surface area contributed by atoms with Gasteiger partial charge in [0.05, 0.1) is 24.4 Å². The summed E-state index contributed by atoms with van der Waals surface area (Å²) in [5.74, 6) is 0.873. The molecule has 2 fully saturated rings. The topological polar surface area (TPSA) is 72.3 Å². The molecule has 2 saturated heterocycles. The van der Waals surface area contributed by atoms with Crippen LogP contribution >= 0.6 is 0 Å². The molecule has 1 N–H and O–H groups in total. The molecule has 0 radical (unpaired) electrons. The maximum Gasteiger partial charge on any atom is 0.246 e. The minimum atomic E-state index is -0.0273. The van der Waals surface area contributed by atoms with E-state index >= 15 is 0 Å². The maximum atomic E-state index is 11.5. The van der Waals surface area contributed by atoms with Gasteiger partial charge in [0.15, 0.2) is 0 Å². The summed E-state index contributed by atoms with van der Waals surface area (Å²) in [5, 5.41) is 7.36. The molecule has 1 amide bonds. The molecule has 4 rings (SSSR count). The Balaban J connectivity index is 1.47. The van der Waals surface area contributed by atoms with Gasteiger partial charge in [-0.05, 0) is 18.6 Å². The predicted molar refractivity (Wildman–Crippen MR) is 82.9 cm³/mol. The zero-order valence-corrected chi connectivity index (χ0v) is 12.8. The average Bonchev–Trinajstić information content (AvgIpc) is 3.03. The van der Waals surface area contributed by atoms with Crippen molar-refractivity contribution in [3.63, 3.8) is 0 Å². The van der Waals surface area contributed by atoms with Crippen LogP contribution in [0.2, 0.25) is 0 Å². The standard InChI is InChI=1S/C16H19N5O2/c22-16-10-23-14-6-7-20(8-13(14)19-16)9-15-17-11-18-21(15)12-4-2-1-3-5-12/h1-5,11,13-14H,6-10H2,(H,19,22)/t13-,14+/m1/s1. The van der Waals surface area contributed by atoms with Crippen LogP contribution in [0, 0.1) is 0 Å². The molecule has 0 unspecified atom stereocenters. The molecule has 120 valence electrons. The van der Waals surface area contributed by atoms with Crippen molar-refractivity contribution in [2.45, 2.75) is 25.1 Å². The summed E-state index contributed by atoms with van der Waals surface area (Å²) in [6.45, 7) is 2.59. The Morgan fingerprint density at radius 1 is 1.30 bits per heavy atom. The van der Waals surface area contributed by atoms with Crippen molar-refractivity contribution < 1.29 is 9.53 Å². The minimum Gasteiger partial charge on any atom is -0.366 e. The fourth-order valence-corrected chi connectivity index (χ4v) is 3.27. The van der Waals surface area contributed by atoms with Crippen LogP contribution < -0.4 is 5.32 Å². The second kappa shape index (κ2) is 6.10. The number of carbonyl (C=O) groups excluding carboxylic acids is 1. The minimum absolute atomic E-state index is 0.0273. The number of amides is 1. The van der Waals surface area contributed by atoms with Crippen LogP contribution in [0.5, 0.6) is 0 Å². The number of carbonyl (C=O) groups is 1. The number of hydrogen-bond acceptors (Lipinski definition) is 5. The number of nitrogens with zero attached hydrogens (tertiary/aromatic N) is 4. The molecule has 7 heteroatoms. The van der Waals surface area contributed by atoms with Crippen molar-refractivity contribution in [2.75, 3.05) is 19.7 Å². The smallest absolute Gasteiger partial charge is 0.246 e. The number of fused-ring (bicyclic) bond motifs is 1. The highest BCUT2D eigenvalue weighted by Crippen LogP contribution is 2.19. The largest absolute Gasteiger partial charge is 0.366 e. The fraction of sp³-hybridized carbons (Fsp3) is 0.438. The third-order valence-electron chi connectivity index (χ3n) is 4.39. The molecule has 0 spiro atoms. The molecule has 2 atom stereocenters. The summed E-state index contributed by atoms with van der Waals surface area (Å²) in [6, 6.07) is 10.1. The number of benzene rings is 1. The van der Waals surface area contributed by atoms with E-state index in [0.29, 0.717) is 6.54 Å². The van der Waals surface area contributed by atoms with Crippen LogP contribution in [0.15, 0.2) is 36.7 Å². The Kier molecular flexibility index (Phi) is 3.80. The first-order valence-electron chi connectivity index (χ1n) is 7.87. The lowest BCUT2D eigenvalue weighted by Crippen LogP contribution is -2.60. The number of ether oxygens (including phenoxy) is 1. The lowest BCUT2D eigenvalue weighted by molar-refractivity contribution is -0.140. The zero-order valence-electron chi connectivity index (χ0n) is 12.8. The van der Waals surface area contributed by atoms with Crippen molar-refractivity contribution in [3.05, 3.63) is 42.5 Å². The number of para-hydroxylation sites is 1. The van der Waals surface area contributed by atoms with Gasteiger partial charge in [0.25, 0.3) is 0 Å². The van der Waals surface area contributed by atoms with E-state index in [4.69, 9.17) is 4.74 Å². The first kappa shape index (κ1) is 14.3. The van der Waals surface area contributed by atoms with E-state index in [1.165, 1.54) is 0 Å². The van der Waals surface area contributed by atoms with Crippen molar-refractivity contribution in [1.29, 1.82) is 0 Å². The van der Waals surface area contributed by atoms with Crippen molar-refractivity contribution in [3.8, 4) is 5.69 Å². The number of piperidine rings is 1. The summed E-state index contributed by atoms with van der Waals surface area (Å²) >= 11 is 0. The van der Waals surface area contributed by atoms with E-state index in [9.17, 15) is 4.79 Å². The highest BCUT2D eigenvalue weighted by atomic mass is 16.5. The summed E-state index contributed by atoms with van der Waals surface area (Å²) < 4.78 is 7.46. The first-order valence-corrected chi connectivity index (χ1v) is 7.87. The van der Waals surface area contributed by atoms with Crippen LogP contribution in [0.4, 0.5) is 0 Å². The lowest BCUT2D eigenvalue weighted by Gasteiger charge is -2.40. The third-order valence-corrected chi connectivity index (χ3v) is 4.39. The molecule has 0 aliphatic carbocycles. The first-order chi connectivity index (χ1) is 11.3. The molecular formula is C16H19N5O2. The summed E-state index contributed by atoms with van der Waals surface area (Å²) in [6.07, 6.45) is 2.64. The Morgan fingerprint density at radius 3 is 3.04 bits per heavy atom. The molecule has 23 heavy (non-hydrogen) atoms. The summed E-state index contributed by atoms with van der Waals surface area (Å²) in [4.78, 5) is 18.2. The molecule has 2 aromatic rings. The number of hydrogen-bond donors (Lipinski definition) is 1. The van der Waals surface area contributed by atoms with E-state index in [-0.39, 0.29) is 24.7 Å². The van der Waals surface area contributed by atoms with Gasteiger partial charge in [0, 0.05) is 13.1 Å². The van der Waals surface area contributed by atoms with Gasteiger partial charge in [0.2, 0.25) is 5.91 Å². The molecule has 0 bridgehead atoms. The lowest BCUT2D eigenvalue weighted by atomic mass is 10.0. The number of likely N-dealkylation sites (tertiary alicyclic amines) is 1. The van der Waals surface area contributed by atoms with Crippen LogP contribution in [0.1, 0.15) is 12.2 Å². The van der Waals surface area contributed by atoms with E-state index in [1.54, 1.807) is 6.33 Å². The monoisotopic (exact) mass is 313 g/mol. The molecule has 1 aromatic heterocycles. The van der Waals surface area contributed by atoms with Crippen molar-refractivity contribution in [2.24, 2.45) is 0 Å². The third kappa shape index (κ3) is 2.97. The fourth-order valence-electron chi connectivity index (χ4n) is 3.27. The van der Waals surface area contributed by atoms with E-state index in [1.807, 2.05) is 35.0 Å². The van der Waals surface area contributed by atoms with Gasteiger partial charge >= 0.3 is 0 Å². The van der Waals surface area contributed by atoms with Gasteiger partial charge in [-0.1, -0.05) is 18.2 Å². The van der Waals surface area contributed by atoms with Gasteiger partial charge in [-0.3, -0.25) is 9.69 Å². The Morgan fingerprint density at radius 2 is 2.17 bits per heavy atom. The Labute approximate surface area is 134 Å². The van der Waals surface area contributed by atoms with Gasteiger partial charge in [-0.25, -0.2) is 9.67 Å². The predicted octanol–water partition coefficient (Wildman–Crippen LogP) is 0.357. The number of rotatable bonds is 3. The van der Waals surface area contributed by atoms with Crippen molar-refractivity contribution in [1.82, 2.24) is 25.0 Å². The molecule has 2 aliphatic heterocycles. The van der Waals surface area contributed by atoms with Gasteiger partial charge in [-0.15, -0.1) is 0 Å². The zero-order chi connectivity index (χ0) is 15.6. The maximum absolute atomic E-state index is 11.5. The highest BCUT2D eigenvalue weighted by Gasteiger charge is 2.35. The van der Waals surface area contributed by atoms with E-state index in [0.717, 1.165) is 31.0 Å². The second-order valence-electron chi connectivity index (χ2n) is 5.97. The van der Waals surface area contributed by atoms with Crippen molar-refractivity contribution >= 4 is 5.91 Å². The Hall–Kier alpha value is -2.25. The van der Waals surface area contributed by atoms with Gasteiger partial charge in [0.1, 0.15) is 18.8 Å². The Bertz CT molecular complexity index is 687. The summed E-state index contributed by atoms with van der Waals surface area (Å²) in [5.41, 5.74) is 1.00. The van der Waals surface area contributed by atoms with E-state index in [2.05, 4.69) is 20.3 Å². The molecule has 7 nitrogen and oxygen atoms in total. The number of morpholine rings is 1. The molecule has 1 aromatic carbocycles. The quantitative estimate of drug-likeness (QED) is 0.886. The molecule has 0 saturated carbocycles. The van der Waals surface area contributed by atoms with Crippen LogP contribution in [0.3, 0.4) is 0 Å². The average molecular weight is 313 g/mol. The van der Waals surface area contributed by atoms with Crippen LogP contribution in [-0.2, 0) is 16.1 Å². The number of aromatic nitrogens is 3. The van der Waals surface area contributed by atoms with E-state index < -0.39 is 0 Å². The normalized spacial score (nSPS) is 25.0. The van der Waals surface area contributed by atoms with Crippen LogP contribution in [-0.4, -0.2) is 57.4 Å². The molecular weight excluding hydrogens is 294 g/mol. The summed E-state index contributed by atoms with van der Waals surface area (Å²) in [7, 11) is 0. The molecule has 3 heterocycles. The molecule has 2 aliphatic rings. The van der Waals surface area contributed by atoms with Gasteiger partial charge in [-0.2, -0.15) is 5.10 Å². The second-order valence-corrected chi connectivity index (χ2v) is 5.97. The van der Waals surface area contributed by atoms with Crippen LogP contribution in [0.25, 0.3) is 5.69 Å². The number of nitrogens with one attached hydrogen (secondary N) is 1. The SMILES string of the molecule is O=C1CO[C@H]2CCN(Cc3ncnn3-c3ccccc3)C[C@H]2N1.